The first-order valence-electron chi connectivity index (χ1n) is 14.5. The average molecular weight is 646 g/mol. The topological polar surface area (TPSA) is 125 Å². The van der Waals surface area contributed by atoms with Crippen molar-refractivity contribution in [1.82, 2.24) is 19.5 Å². The number of nitrogens with zero attached hydrogens (tertiary/aromatic N) is 4. The van der Waals surface area contributed by atoms with Gasteiger partial charge in [-0.3, -0.25) is 4.18 Å². The number of carbonyl (C=O) groups is 1. The summed E-state index contributed by atoms with van der Waals surface area (Å²) >= 11 is 0. The minimum absolute atomic E-state index is 0.0275. The molecule has 0 bridgehead atoms. The van der Waals surface area contributed by atoms with Crippen LogP contribution in [0, 0.1) is 12.8 Å². The second-order valence-corrected chi connectivity index (χ2v) is 12.9. The number of rotatable bonds is 12. The summed E-state index contributed by atoms with van der Waals surface area (Å²) in [7, 11) is -2.35. The van der Waals surface area contributed by atoms with Gasteiger partial charge in [0.05, 0.1) is 25.5 Å². The molecule has 1 unspecified atom stereocenters. The summed E-state index contributed by atoms with van der Waals surface area (Å²) in [6.45, 7) is 2.11. The van der Waals surface area contributed by atoms with Gasteiger partial charge in [-0.25, -0.2) is 19.7 Å². The first-order valence-corrected chi connectivity index (χ1v) is 16.3. The van der Waals surface area contributed by atoms with Crippen molar-refractivity contribution < 1.29 is 35.3 Å². The second kappa shape index (κ2) is 13.1. The Hall–Kier alpha value is -4.04. The maximum atomic E-state index is 13.3. The molecule has 14 heteroatoms. The Labute approximate surface area is 259 Å². The van der Waals surface area contributed by atoms with Crippen molar-refractivity contribution in [3.8, 4) is 11.4 Å². The first kappa shape index (κ1) is 32.4. The molecule has 0 aliphatic heterocycles. The molecule has 5 rings (SSSR count). The lowest BCUT2D eigenvalue weighted by molar-refractivity contribution is -0.137. The number of anilines is 1. The summed E-state index contributed by atoms with van der Waals surface area (Å²) < 4.78 is 74.5. The van der Waals surface area contributed by atoms with E-state index in [2.05, 4.69) is 15.3 Å². The number of methoxy groups -OCH3 is 1. The third-order valence-corrected chi connectivity index (χ3v) is 8.46. The zero-order chi connectivity index (χ0) is 32.4. The summed E-state index contributed by atoms with van der Waals surface area (Å²) in [6.07, 6.45) is 0.535. The van der Waals surface area contributed by atoms with Crippen molar-refractivity contribution in [2.24, 2.45) is 5.92 Å². The van der Waals surface area contributed by atoms with Gasteiger partial charge in [0.15, 0.2) is 11.5 Å². The Morgan fingerprint density at radius 2 is 1.84 bits per heavy atom. The third-order valence-electron chi connectivity index (χ3n) is 7.87. The zero-order valence-corrected chi connectivity index (χ0v) is 25.9. The molecule has 2 aromatic heterocycles. The van der Waals surface area contributed by atoms with Crippen molar-refractivity contribution in [3.05, 3.63) is 71.0 Å². The standard InChI is InChI=1S/C31H34F3N5O5S/c1-19-7-4-10-22(17-19)29-38-27-25(39(29)18-20-12-14-23(15-13-20)31(32,33)34)26(36-28(37-27)30(40)43-2)35-24(21-8-5-9-21)11-6-16-44-45(3,41)42/h4,7,10,12-15,17,21,24H,5-6,8-9,11,16,18H2,1-3H3,(H,35,36,37). The molecule has 2 aromatic carbocycles. The van der Waals surface area contributed by atoms with E-state index in [0.29, 0.717) is 35.6 Å². The van der Waals surface area contributed by atoms with E-state index in [4.69, 9.17) is 13.9 Å². The lowest BCUT2D eigenvalue weighted by atomic mass is 9.78. The van der Waals surface area contributed by atoms with E-state index in [9.17, 15) is 26.4 Å². The van der Waals surface area contributed by atoms with Crippen LogP contribution in [0.15, 0.2) is 48.5 Å². The van der Waals surface area contributed by atoms with Gasteiger partial charge < -0.3 is 14.6 Å². The van der Waals surface area contributed by atoms with Crippen LogP contribution in [-0.4, -0.2) is 59.9 Å². The van der Waals surface area contributed by atoms with Gasteiger partial charge in [-0.2, -0.15) is 21.6 Å². The number of ether oxygens (including phenoxy) is 1. The summed E-state index contributed by atoms with van der Waals surface area (Å²) in [5, 5.41) is 3.50. The average Bonchev–Trinajstić information content (AvgIpc) is 3.31. The van der Waals surface area contributed by atoms with Crippen LogP contribution in [0.3, 0.4) is 0 Å². The molecule has 1 aliphatic carbocycles. The van der Waals surface area contributed by atoms with E-state index in [1.54, 1.807) is 0 Å². The number of alkyl halides is 3. The van der Waals surface area contributed by atoms with Crippen LogP contribution < -0.4 is 5.32 Å². The number of hydrogen-bond acceptors (Lipinski definition) is 9. The highest BCUT2D eigenvalue weighted by atomic mass is 32.2. The van der Waals surface area contributed by atoms with Gasteiger partial charge >= 0.3 is 12.1 Å². The highest BCUT2D eigenvalue weighted by Gasteiger charge is 2.31. The largest absolute Gasteiger partial charge is 0.463 e. The number of imidazole rings is 1. The fourth-order valence-electron chi connectivity index (χ4n) is 5.42. The maximum absolute atomic E-state index is 13.3. The van der Waals surface area contributed by atoms with Gasteiger partial charge in [-0.15, -0.1) is 0 Å². The van der Waals surface area contributed by atoms with E-state index < -0.39 is 27.8 Å². The van der Waals surface area contributed by atoms with Gasteiger partial charge in [0.25, 0.3) is 10.1 Å². The SMILES string of the molecule is COC(=O)c1nc(NC(CCCOS(C)(=O)=O)C2CCC2)c2c(n1)nc(-c1cccc(C)c1)n2Cc1ccc(C(F)(F)F)cc1. The smallest absolute Gasteiger partial charge is 0.416 e. The molecule has 1 atom stereocenters. The Bertz CT molecular complexity index is 1790. The van der Waals surface area contributed by atoms with E-state index in [-0.39, 0.29) is 36.6 Å². The van der Waals surface area contributed by atoms with Gasteiger partial charge in [-0.05, 0) is 62.3 Å². The molecular weight excluding hydrogens is 611 g/mol. The fourth-order valence-corrected chi connectivity index (χ4v) is 5.84. The zero-order valence-electron chi connectivity index (χ0n) is 25.1. The molecule has 240 valence electrons. The van der Waals surface area contributed by atoms with Crippen molar-refractivity contribution >= 4 is 33.1 Å². The molecule has 10 nitrogen and oxygen atoms in total. The Morgan fingerprint density at radius 1 is 1.11 bits per heavy atom. The number of carbonyl (C=O) groups excluding carboxylic acids is 1. The monoisotopic (exact) mass is 645 g/mol. The molecule has 1 saturated carbocycles. The summed E-state index contributed by atoms with van der Waals surface area (Å²) in [4.78, 5) is 26.4. The number of benzene rings is 2. The molecule has 1 N–H and O–H groups in total. The number of aromatic nitrogens is 4. The molecule has 2 heterocycles. The molecule has 0 radical (unpaired) electrons. The molecule has 1 aliphatic rings. The van der Waals surface area contributed by atoms with E-state index >= 15 is 0 Å². The summed E-state index contributed by atoms with van der Waals surface area (Å²) in [5.74, 6) is 0.137. The normalized spacial score (nSPS) is 14.7. The third kappa shape index (κ3) is 7.79. The van der Waals surface area contributed by atoms with Crippen LogP contribution in [0.25, 0.3) is 22.6 Å². The predicted octanol–water partition coefficient (Wildman–Crippen LogP) is 5.99. The van der Waals surface area contributed by atoms with Crippen LogP contribution in [0.2, 0.25) is 0 Å². The van der Waals surface area contributed by atoms with Crippen molar-refractivity contribution in [2.75, 3.05) is 25.3 Å². The quantitative estimate of drug-likeness (QED) is 0.112. The maximum Gasteiger partial charge on any atom is 0.416 e. The number of hydrogen-bond donors (Lipinski definition) is 1. The van der Waals surface area contributed by atoms with Crippen molar-refractivity contribution in [2.45, 2.75) is 57.8 Å². The number of esters is 1. The van der Waals surface area contributed by atoms with Crippen LogP contribution in [-0.2, 0) is 31.8 Å². The van der Waals surface area contributed by atoms with Crippen LogP contribution in [0.5, 0.6) is 0 Å². The van der Waals surface area contributed by atoms with Crippen LogP contribution >= 0.6 is 0 Å². The first-order chi connectivity index (χ1) is 21.3. The Kier molecular flexibility index (Phi) is 9.44. The summed E-state index contributed by atoms with van der Waals surface area (Å²) in [6, 6.07) is 12.4. The number of fused-ring (bicyclic) bond motifs is 1. The lowest BCUT2D eigenvalue weighted by Gasteiger charge is -2.35. The van der Waals surface area contributed by atoms with Gasteiger partial charge in [0, 0.05) is 18.2 Å². The molecule has 45 heavy (non-hydrogen) atoms. The van der Waals surface area contributed by atoms with Crippen LogP contribution in [0.4, 0.5) is 19.0 Å². The molecule has 0 spiro atoms. The minimum Gasteiger partial charge on any atom is -0.463 e. The molecule has 4 aromatic rings. The molecule has 0 amide bonds. The summed E-state index contributed by atoms with van der Waals surface area (Å²) in [5.41, 5.74) is 2.24. The molecular formula is C31H34F3N5O5S. The van der Waals surface area contributed by atoms with Gasteiger partial charge in [0.2, 0.25) is 5.82 Å². The predicted molar refractivity (Wildman–Crippen MR) is 162 cm³/mol. The van der Waals surface area contributed by atoms with Crippen LogP contribution in [0.1, 0.15) is 59.4 Å². The fraction of sp³-hybridized carbons (Fsp3) is 0.419. The second-order valence-electron chi connectivity index (χ2n) is 11.3. The Balaban J connectivity index is 1.62. The van der Waals surface area contributed by atoms with Crippen molar-refractivity contribution in [3.63, 3.8) is 0 Å². The minimum atomic E-state index is -4.47. The highest BCUT2D eigenvalue weighted by molar-refractivity contribution is 7.85. The highest BCUT2D eigenvalue weighted by Crippen LogP contribution is 2.36. The number of nitrogens with one attached hydrogen (secondary N) is 1. The number of halogens is 3. The number of aryl methyl sites for hydroxylation is 1. The lowest BCUT2D eigenvalue weighted by Crippen LogP contribution is -2.34. The van der Waals surface area contributed by atoms with Gasteiger partial charge in [0.1, 0.15) is 11.3 Å². The molecule has 0 saturated heterocycles. The van der Waals surface area contributed by atoms with E-state index in [1.807, 2.05) is 35.8 Å². The Morgan fingerprint density at radius 3 is 2.44 bits per heavy atom. The van der Waals surface area contributed by atoms with E-state index in [0.717, 1.165) is 48.8 Å². The molecule has 1 fully saturated rings. The van der Waals surface area contributed by atoms with Crippen molar-refractivity contribution in [1.29, 1.82) is 0 Å². The van der Waals surface area contributed by atoms with Gasteiger partial charge in [-0.1, -0.05) is 42.3 Å². The van der Waals surface area contributed by atoms with E-state index in [1.165, 1.54) is 19.2 Å².